The summed E-state index contributed by atoms with van der Waals surface area (Å²) < 4.78 is 5.52. The maximum Gasteiger partial charge on any atom is 0.261 e. The van der Waals surface area contributed by atoms with Crippen LogP contribution in [0, 0.1) is 0 Å². The lowest BCUT2D eigenvalue weighted by Gasteiger charge is -2.44. The molecule has 0 aromatic heterocycles. The van der Waals surface area contributed by atoms with E-state index in [-0.39, 0.29) is 43.7 Å². The van der Waals surface area contributed by atoms with Gasteiger partial charge in [-0.1, -0.05) is 35.4 Å². The summed E-state index contributed by atoms with van der Waals surface area (Å²) >= 11 is 0. The molecular formula is C29H24N6O4. The number of methoxy groups -OCH3 is 1. The van der Waals surface area contributed by atoms with Crippen LogP contribution in [0.2, 0.25) is 0 Å². The Kier molecular flexibility index (Phi) is 5.70. The number of hydrogen-bond acceptors (Lipinski definition) is 6. The third-order valence-electron chi connectivity index (χ3n) is 8.15. The normalized spacial score (nSPS) is 22.3. The first-order chi connectivity index (χ1) is 19.0. The number of rotatable bonds is 8. The first-order valence-corrected chi connectivity index (χ1v) is 12.6. The molecule has 3 aromatic carbocycles. The maximum atomic E-state index is 14.2. The highest BCUT2D eigenvalue weighted by atomic mass is 16.5. The zero-order valence-corrected chi connectivity index (χ0v) is 21.1. The largest absolute Gasteiger partial charge is 0.497 e. The third kappa shape index (κ3) is 3.38. The molecule has 1 N–H and O–H groups in total. The Labute approximate surface area is 223 Å². The average molecular weight is 521 g/mol. The SMILES string of the molecule is COc1ccc2c(c1)[C@@](CCN=[N+]=[N-])([C@]1(CCN3C(=O)c4ccccc4C3=O)C(=O)Nc3ccccc31)C=N2. The van der Waals surface area contributed by atoms with Gasteiger partial charge in [0.25, 0.3) is 11.8 Å². The van der Waals surface area contributed by atoms with Gasteiger partial charge in [-0.2, -0.15) is 0 Å². The van der Waals surface area contributed by atoms with Crippen molar-refractivity contribution < 1.29 is 19.1 Å². The van der Waals surface area contributed by atoms with Crippen LogP contribution in [0.15, 0.2) is 76.8 Å². The van der Waals surface area contributed by atoms with Gasteiger partial charge in [-0.25, -0.2) is 0 Å². The number of amides is 3. The molecule has 6 rings (SSSR count). The maximum absolute atomic E-state index is 14.2. The predicted octanol–water partition coefficient (Wildman–Crippen LogP) is 4.93. The highest BCUT2D eigenvalue weighted by Crippen LogP contribution is 2.58. The lowest BCUT2D eigenvalue weighted by Crippen LogP contribution is -2.56. The van der Waals surface area contributed by atoms with Gasteiger partial charge in [0.15, 0.2) is 0 Å². The molecule has 3 amide bonds. The zero-order chi connectivity index (χ0) is 27.2. The summed E-state index contributed by atoms with van der Waals surface area (Å²) in [6, 6.07) is 19.6. The van der Waals surface area contributed by atoms with Crippen LogP contribution in [0.1, 0.15) is 44.7 Å². The van der Waals surface area contributed by atoms with Crippen molar-refractivity contribution in [2.24, 2.45) is 10.1 Å². The molecule has 39 heavy (non-hydrogen) atoms. The molecule has 10 nitrogen and oxygen atoms in total. The molecule has 3 aliphatic heterocycles. The molecule has 10 heteroatoms. The first-order valence-electron chi connectivity index (χ1n) is 12.6. The number of nitrogens with zero attached hydrogens (tertiary/aromatic N) is 5. The van der Waals surface area contributed by atoms with Crippen LogP contribution in [-0.2, 0) is 15.6 Å². The number of benzene rings is 3. The molecule has 0 radical (unpaired) electrons. The van der Waals surface area contributed by atoms with E-state index in [0.717, 1.165) is 11.1 Å². The van der Waals surface area contributed by atoms with Crippen molar-refractivity contribution in [3.8, 4) is 5.75 Å². The second-order valence-corrected chi connectivity index (χ2v) is 9.78. The van der Waals surface area contributed by atoms with Gasteiger partial charge in [0.2, 0.25) is 5.91 Å². The minimum atomic E-state index is -1.27. The smallest absolute Gasteiger partial charge is 0.261 e. The molecule has 0 saturated carbocycles. The highest BCUT2D eigenvalue weighted by molar-refractivity contribution is 6.21. The monoisotopic (exact) mass is 520 g/mol. The summed E-state index contributed by atoms with van der Waals surface area (Å²) in [7, 11) is 1.56. The number of nitrogens with one attached hydrogen (secondary N) is 1. The molecule has 2 atom stereocenters. The summed E-state index contributed by atoms with van der Waals surface area (Å²) in [6.45, 7) is 0.105. The minimum absolute atomic E-state index is 0.00447. The number of ether oxygens (including phenoxy) is 1. The van der Waals surface area contributed by atoms with Crippen LogP contribution in [-0.4, -0.2) is 49.0 Å². The Morgan fingerprint density at radius 3 is 2.41 bits per heavy atom. The Bertz CT molecular complexity index is 1590. The quantitative estimate of drug-likeness (QED) is 0.195. The Morgan fingerprint density at radius 2 is 1.69 bits per heavy atom. The van der Waals surface area contributed by atoms with Gasteiger partial charge >= 0.3 is 0 Å². The number of imide groups is 1. The molecule has 194 valence electrons. The van der Waals surface area contributed by atoms with Crippen molar-refractivity contribution in [2.45, 2.75) is 23.7 Å². The fraction of sp³-hybridized carbons (Fsp3) is 0.241. The van der Waals surface area contributed by atoms with Gasteiger partial charge < -0.3 is 10.1 Å². The van der Waals surface area contributed by atoms with Gasteiger partial charge in [-0.05, 0) is 65.9 Å². The number of hydrogen-bond donors (Lipinski definition) is 1. The molecule has 3 heterocycles. The second kappa shape index (κ2) is 9.11. The number of carbonyl (C=O) groups excluding carboxylic acids is 3. The number of carbonyl (C=O) groups is 3. The van der Waals surface area contributed by atoms with Crippen LogP contribution in [0.25, 0.3) is 10.4 Å². The second-order valence-electron chi connectivity index (χ2n) is 9.78. The fourth-order valence-electron chi connectivity index (χ4n) is 6.34. The van der Waals surface area contributed by atoms with Crippen LogP contribution in [0.3, 0.4) is 0 Å². The molecule has 0 bridgehead atoms. The van der Waals surface area contributed by atoms with E-state index >= 15 is 0 Å². The van der Waals surface area contributed by atoms with Crippen molar-refractivity contribution in [3.05, 3.63) is 99.4 Å². The number of anilines is 1. The van der Waals surface area contributed by atoms with Gasteiger partial charge in [0.1, 0.15) is 5.75 Å². The molecule has 0 spiro atoms. The molecule has 0 unspecified atom stereocenters. The lowest BCUT2D eigenvalue weighted by atomic mass is 9.55. The number of fused-ring (bicyclic) bond motifs is 3. The predicted molar refractivity (Wildman–Crippen MR) is 145 cm³/mol. The molecular weight excluding hydrogens is 496 g/mol. The van der Waals surface area contributed by atoms with Crippen molar-refractivity contribution >= 4 is 35.3 Å². The van der Waals surface area contributed by atoms with Crippen LogP contribution in [0.5, 0.6) is 5.75 Å². The summed E-state index contributed by atoms with van der Waals surface area (Å²) in [5.41, 5.74) is 10.3. The molecule has 3 aliphatic rings. The van der Waals surface area contributed by atoms with E-state index in [1.807, 2.05) is 36.4 Å². The molecule has 0 saturated heterocycles. The van der Waals surface area contributed by atoms with Gasteiger partial charge in [-0.3, -0.25) is 24.3 Å². The van der Waals surface area contributed by atoms with E-state index in [2.05, 4.69) is 15.3 Å². The van der Waals surface area contributed by atoms with E-state index in [1.54, 1.807) is 43.7 Å². The minimum Gasteiger partial charge on any atom is -0.497 e. The third-order valence-corrected chi connectivity index (χ3v) is 8.15. The number of azide groups is 1. The van der Waals surface area contributed by atoms with Crippen molar-refractivity contribution in [1.82, 2.24) is 4.90 Å². The Hall–Kier alpha value is -4.95. The van der Waals surface area contributed by atoms with Crippen molar-refractivity contribution in [2.75, 3.05) is 25.5 Å². The summed E-state index contributed by atoms with van der Waals surface area (Å²) in [5.74, 6) is -0.455. The molecule has 0 aliphatic carbocycles. The topological polar surface area (TPSA) is 137 Å². The molecule has 0 fully saturated rings. The standard InChI is InChI=1S/C29H24N6O4/c1-39-18-10-11-23-22(16-18)28(17-31-23,12-14-32-34-30)29(21-8-4-5-9-24(21)33-27(29)38)13-15-35-25(36)19-6-2-3-7-20(19)26(35)37/h2-11,16-17H,12-15H2,1H3,(H,33,38)/t28-,29-/m0/s1. The fourth-order valence-corrected chi connectivity index (χ4v) is 6.34. The van der Waals surface area contributed by atoms with E-state index in [4.69, 9.17) is 15.3 Å². The number of para-hydroxylation sites is 1. The Morgan fingerprint density at radius 1 is 0.974 bits per heavy atom. The average Bonchev–Trinajstić information content (AvgIpc) is 3.56. The summed E-state index contributed by atoms with van der Waals surface area (Å²) in [6.07, 6.45) is 2.15. The molecule has 3 aromatic rings. The zero-order valence-electron chi connectivity index (χ0n) is 21.1. The van der Waals surface area contributed by atoms with E-state index in [0.29, 0.717) is 28.3 Å². The van der Waals surface area contributed by atoms with Crippen molar-refractivity contribution in [1.29, 1.82) is 0 Å². The lowest BCUT2D eigenvalue weighted by molar-refractivity contribution is -0.123. The van der Waals surface area contributed by atoms with E-state index in [9.17, 15) is 14.4 Å². The number of aliphatic imine (C=N–C) groups is 1. The Balaban J connectivity index is 1.52. The van der Waals surface area contributed by atoms with Crippen LogP contribution < -0.4 is 10.1 Å². The first kappa shape index (κ1) is 24.4. The highest BCUT2D eigenvalue weighted by Gasteiger charge is 2.62. The summed E-state index contributed by atoms with van der Waals surface area (Å²) in [5, 5.41) is 6.84. The summed E-state index contributed by atoms with van der Waals surface area (Å²) in [4.78, 5) is 49.6. The van der Waals surface area contributed by atoms with Crippen LogP contribution >= 0.6 is 0 Å². The van der Waals surface area contributed by atoms with Crippen molar-refractivity contribution in [3.63, 3.8) is 0 Å². The van der Waals surface area contributed by atoms with E-state index < -0.39 is 10.8 Å². The van der Waals surface area contributed by atoms with Gasteiger partial charge in [0, 0.05) is 29.9 Å². The van der Waals surface area contributed by atoms with Gasteiger partial charge in [0.05, 0.1) is 34.8 Å². The van der Waals surface area contributed by atoms with Crippen LogP contribution in [0.4, 0.5) is 11.4 Å². The van der Waals surface area contributed by atoms with Gasteiger partial charge in [-0.15, -0.1) is 0 Å². The van der Waals surface area contributed by atoms with E-state index in [1.165, 1.54) is 4.90 Å².